The highest BCUT2D eigenvalue weighted by Gasteiger charge is 2.42. The van der Waals surface area contributed by atoms with E-state index < -0.39 is 0 Å². The summed E-state index contributed by atoms with van der Waals surface area (Å²) in [6, 6.07) is 25.8. The van der Waals surface area contributed by atoms with Crippen molar-refractivity contribution < 1.29 is 4.74 Å². The lowest BCUT2D eigenvalue weighted by Gasteiger charge is -2.29. The van der Waals surface area contributed by atoms with Crippen LogP contribution in [-0.4, -0.2) is 41.0 Å². The Balaban J connectivity index is 1.41. The van der Waals surface area contributed by atoms with E-state index in [1.807, 2.05) is 18.3 Å². The summed E-state index contributed by atoms with van der Waals surface area (Å²) in [6.07, 6.45) is 1.85. The molecule has 4 heterocycles. The van der Waals surface area contributed by atoms with E-state index in [-0.39, 0.29) is 12.1 Å². The molecule has 0 aliphatic carbocycles. The molecule has 7 heteroatoms. The maximum absolute atomic E-state index is 5.93. The van der Waals surface area contributed by atoms with Crippen molar-refractivity contribution in [1.29, 1.82) is 0 Å². The van der Waals surface area contributed by atoms with Crippen LogP contribution in [-0.2, 0) is 4.74 Å². The van der Waals surface area contributed by atoms with Gasteiger partial charge in [0.15, 0.2) is 5.11 Å². The van der Waals surface area contributed by atoms with Crippen molar-refractivity contribution >= 4 is 28.7 Å². The van der Waals surface area contributed by atoms with Crippen molar-refractivity contribution in [2.45, 2.75) is 32.9 Å². The molecule has 2 aromatic carbocycles. The lowest BCUT2D eigenvalue weighted by molar-refractivity contribution is 0.122. The fourth-order valence-electron chi connectivity index (χ4n) is 5.77. The van der Waals surface area contributed by atoms with Gasteiger partial charge in [-0.2, -0.15) is 0 Å². The number of aryl methyl sites for hydroxylation is 2. The number of pyridine rings is 1. The zero-order chi connectivity index (χ0) is 26.2. The van der Waals surface area contributed by atoms with Gasteiger partial charge in [0.05, 0.1) is 31.0 Å². The van der Waals surface area contributed by atoms with E-state index in [0.29, 0.717) is 5.11 Å². The van der Waals surface area contributed by atoms with Gasteiger partial charge >= 0.3 is 0 Å². The van der Waals surface area contributed by atoms with Gasteiger partial charge in [0.2, 0.25) is 0 Å². The summed E-state index contributed by atoms with van der Waals surface area (Å²) in [5, 5.41) is 4.31. The topological polar surface area (TPSA) is 45.6 Å². The first-order chi connectivity index (χ1) is 18.5. The Bertz CT molecular complexity index is 1430. The Morgan fingerprint density at radius 1 is 0.868 bits per heavy atom. The monoisotopic (exact) mass is 523 g/mol. The van der Waals surface area contributed by atoms with Crippen LogP contribution in [0.25, 0.3) is 5.69 Å². The Kier molecular flexibility index (Phi) is 6.64. The molecule has 38 heavy (non-hydrogen) atoms. The van der Waals surface area contributed by atoms with Crippen molar-refractivity contribution in [2.75, 3.05) is 36.1 Å². The summed E-state index contributed by atoms with van der Waals surface area (Å²) in [5.41, 5.74) is 9.32. The number of ether oxygens (including phenoxy) is 1. The lowest BCUT2D eigenvalue weighted by atomic mass is 9.96. The predicted molar refractivity (Wildman–Crippen MR) is 157 cm³/mol. The molecule has 2 aliphatic heterocycles. The Morgan fingerprint density at radius 2 is 1.55 bits per heavy atom. The largest absolute Gasteiger partial charge is 0.378 e. The molecular formula is C31H33N5OS. The normalized spacial score (nSPS) is 19.6. The lowest BCUT2D eigenvalue weighted by Crippen LogP contribution is -2.36. The Morgan fingerprint density at radius 3 is 2.24 bits per heavy atom. The Labute approximate surface area is 229 Å². The zero-order valence-corrected chi connectivity index (χ0v) is 22.9. The number of benzene rings is 2. The van der Waals surface area contributed by atoms with E-state index in [2.05, 4.69) is 101 Å². The number of anilines is 2. The summed E-state index contributed by atoms with van der Waals surface area (Å²) in [5.74, 6) is 0. The highest BCUT2D eigenvalue weighted by Crippen LogP contribution is 2.43. The summed E-state index contributed by atoms with van der Waals surface area (Å²) in [7, 11) is 0. The highest BCUT2D eigenvalue weighted by molar-refractivity contribution is 7.80. The van der Waals surface area contributed by atoms with Crippen molar-refractivity contribution in [3.63, 3.8) is 0 Å². The molecule has 4 aromatic rings. The third kappa shape index (κ3) is 4.46. The number of nitrogens with one attached hydrogen (secondary N) is 1. The molecule has 0 amide bonds. The average Bonchev–Trinajstić information content (AvgIpc) is 3.45. The van der Waals surface area contributed by atoms with E-state index in [1.54, 1.807) is 0 Å². The van der Waals surface area contributed by atoms with E-state index in [1.165, 1.54) is 28.2 Å². The second-order valence-electron chi connectivity index (χ2n) is 10.1. The summed E-state index contributed by atoms with van der Waals surface area (Å²) < 4.78 is 7.87. The second-order valence-corrected chi connectivity index (χ2v) is 10.5. The van der Waals surface area contributed by atoms with Gasteiger partial charge < -0.3 is 24.4 Å². The minimum absolute atomic E-state index is 0.0346. The number of rotatable bonds is 5. The average molecular weight is 524 g/mol. The van der Waals surface area contributed by atoms with E-state index in [0.717, 1.165) is 43.4 Å². The van der Waals surface area contributed by atoms with Crippen LogP contribution >= 0.6 is 12.2 Å². The van der Waals surface area contributed by atoms with Crippen molar-refractivity contribution in [1.82, 2.24) is 14.9 Å². The quantitative estimate of drug-likeness (QED) is 0.333. The molecule has 194 valence electrons. The van der Waals surface area contributed by atoms with Crippen LogP contribution in [0.1, 0.15) is 40.3 Å². The number of hydrogen-bond acceptors (Lipinski definition) is 4. The van der Waals surface area contributed by atoms with Gasteiger partial charge in [0.1, 0.15) is 0 Å². The molecular weight excluding hydrogens is 490 g/mol. The van der Waals surface area contributed by atoms with Crippen LogP contribution in [0.15, 0.2) is 79.0 Å². The molecule has 2 atom stereocenters. The zero-order valence-electron chi connectivity index (χ0n) is 22.1. The SMILES string of the molecule is Cc1ccc(N2C(=S)N[C@H](c3ccccn3)[C@@H]2c2cc(C)n(-c3ccc(N4CCOCC4)cc3)c2C)cc1. The number of aromatic nitrogens is 2. The van der Waals surface area contributed by atoms with Gasteiger partial charge in [0, 0.05) is 47.7 Å². The van der Waals surface area contributed by atoms with Crippen LogP contribution in [0.3, 0.4) is 0 Å². The van der Waals surface area contributed by atoms with Crippen LogP contribution in [0.4, 0.5) is 11.4 Å². The van der Waals surface area contributed by atoms with Gasteiger partial charge in [-0.1, -0.05) is 23.8 Å². The molecule has 6 rings (SSSR count). The second kappa shape index (κ2) is 10.2. The maximum Gasteiger partial charge on any atom is 0.174 e. The minimum atomic E-state index is -0.0670. The number of morpholine rings is 1. The standard InChI is InChI=1S/C31H33N5OS/c1-21-7-9-26(10-8-21)36-30(29(33-31(36)38)28-6-4-5-15-32-28)27-20-22(2)35(23(27)3)25-13-11-24(12-14-25)34-16-18-37-19-17-34/h4-15,20,29-30H,16-19H2,1-3H3,(H,33,38)/t29-,30+/m1/s1. The van der Waals surface area contributed by atoms with E-state index in [4.69, 9.17) is 21.9 Å². The number of hydrogen-bond donors (Lipinski definition) is 1. The first-order valence-electron chi connectivity index (χ1n) is 13.2. The van der Waals surface area contributed by atoms with E-state index in [9.17, 15) is 0 Å². The molecule has 0 saturated carbocycles. The maximum atomic E-state index is 5.93. The molecule has 2 fully saturated rings. The number of thiocarbonyl (C=S) groups is 1. The first-order valence-corrected chi connectivity index (χ1v) is 13.6. The van der Waals surface area contributed by atoms with Gasteiger partial charge in [-0.3, -0.25) is 4.98 Å². The molecule has 2 saturated heterocycles. The molecule has 1 N–H and O–H groups in total. The van der Waals surface area contributed by atoms with Gasteiger partial charge in [-0.25, -0.2) is 0 Å². The van der Waals surface area contributed by atoms with Crippen molar-refractivity contribution in [3.8, 4) is 5.69 Å². The molecule has 0 bridgehead atoms. The number of nitrogens with zero attached hydrogens (tertiary/aromatic N) is 4. The summed E-state index contributed by atoms with van der Waals surface area (Å²) in [4.78, 5) is 9.35. The fourth-order valence-corrected chi connectivity index (χ4v) is 6.12. The third-order valence-electron chi connectivity index (χ3n) is 7.68. The van der Waals surface area contributed by atoms with Crippen LogP contribution in [0.5, 0.6) is 0 Å². The van der Waals surface area contributed by atoms with Gasteiger partial charge in [-0.05, 0) is 93.1 Å². The fraction of sp³-hybridized carbons (Fsp3) is 0.290. The highest BCUT2D eigenvalue weighted by atomic mass is 32.1. The van der Waals surface area contributed by atoms with Crippen LogP contribution in [0.2, 0.25) is 0 Å². The third-order valence-corrected chi connectivity index (χ3v) is 8.00. The molecule has 0 unspecified atom stereocenters. The smallest absolute Gasteiger partial charge is 0.174 e. The van der Waals surface area contributed by atoms with Crippen molar-refractivity contribution in [3.05, 3.63) is 107 Å². The molecule has 2 aromatic heterocycles. The predicted octanol–water partition coefficient (Wildman–Crippen LogP) is 5.81. The molecule has 0 spiro atoms. The molecule has 6 nitrogen and oxygen atoms in total. The van der Waals surface area contributed by atoms with E-state index >= 15 is 0 Å². The van der Waals surface area contributed by atoms with Gasteiger partial charge in [-0.15, -0.1) is 0 Å². The van der Waals surface area contributed by atoms with Crippen LogP contribution < -0.4 is 15.1 Å². The van der Waals surface area contributed by atoms with Gasteiger partial charge in [0.25, 0.3) is 0 Å². The Hall–Kier alpha value is -3.68. The summed E-state index contributed by atoms with van der Waals surface area (Å²) in [6.45, 7) is 9.94. The summed E-state index contributed by atoms with van der Waals surface area (Å²) >= 11 is 5.93. The first kappa shape index (κ1) is 24.6. The van der Waals surface area contributed by atoms with Crippen LogP contribution in [0, 0.1) is 20.8 Å². The molecule has 2 aliphatic rings. The van der Waals surface area contributed by atoms with Crippen molar-refractivity contribution in [2.24, 2.45) is 0 Å². The minimum Gasteiger partial charge on any atom is -0.378 e. The molecule has 0 radical (unpaired) electrons.